The predicted octanol–water partition coefficient (Wildman–Crippen LogP) is 4.75. The van der Waals surface area contributed by atoms with Crippen molar-refractivity contribution < 1.29 is 19.4 Å². The van der Waals surface area contributed by atoms with E-state index in [-0.39, 0.29) is 23.8 Å². The summed E-state index contributed by atoms with van der Waals surface area (Å²) in [5.74, 6) is 0.713. The van der Waals surface area contributed by atoms with Gasteiger partial charge in [0.2, 0.25) is 0 Å². The summed E-state index contributed by atoms with van der Waals surface area (Å²) in [5.41, 5.74) is 0.483. The summed E-state index contributed by atoms with van der Waals surface area (Å²) in [6, 6.07) is 10.7. The van der Waals surface area contributed by atoms with Gasteiger partial charge in [-0.1, -0.05) is 23.7 Å². The zero-order valence-corrected chi connectivity index (χ0v) is 21.6. The van der Waals surface area contributed by atoms with Crippen molar-refractivity contribution in [2.24, 2.45) is 0 Å². The lowest BCUT2D eigenvalue weighted by Gasteiger charge is -2.32. The molecule has 0 bridgehead atoms. The van der Waals surface area contributed by atoms with Crippen LogP contribution in [-0.4, -0.2) is 61.5 Å². The SMILES string of the molecule is CC(C)(C)OC(=O)N(Cc1cccc(Cl)c1)c1cc(NC2CCCN(C(=O)O)C2)nc2c(C#N)cnn12. The molecule has 12 heteroatoms. The molecule has 3 aromatic rings. The molecular weight excluding hydrogens is 498 g/mol. The van der Waals surface area contributed by atoms with Crippen molar-refractivity contribution >= 4 is 41.1 Å². The van der Waals surface area contributed by atoms with Crippen molar-refractivity contribution in [2.75, 3.05) is 23.3 Å². The normalized spacial score (nSPS) is 15.8. The maximum Gasteiger partial charge on any atom is 0.416 e. The Morgan fingerprint density at radius 1 is 1.35 bits per heavy atom. The van der Waals surface area contributed by atoms with Crippen LogP contribution in [-0.2, 0) is 11.3 Å². The molecule has 4 rings (SSSR count). The first-order chi connectivity index (χ1) is 17.5. The molecule has 0 radical (unpaired) electrons. The third-order valence-corrected chi connectivity index (χ3v) is 5.97. The predicted molar refractivity (Wildman–Crippen MR) is 138 cm³/mol. The first-order valence-electron chi connectivity index (χ1n) is 11.8. The number of fused-ring (bicyclic) bond motifs is 1. The zero-order chi connectivity index (χ0) is 26.7. The lowest BCUT2D eigenvalue weighted by atomic mass is 10.1. The first-order valence-corrected chi connectivity index (χ1v) is 12.2. The summed E-state index contributed by atoms with van der Waals surface area (Å²) < 4.78 is 7.12. The van der Waals surface area contributed by atoms with E-state index in [1.807, 2.05) is 6.07 Å². The number of benzene rings is 1. The number of halogens is 1. The van der Waals surface area contributed by atoms with Crippen molar-refractivity contribution in [1.29, 1.82) is 5.26 Å². The Balaban J connectivity index is 1.78. The van der Waals surface area contributed by atoms with E-state index in [0.29, 0.717) is 36.2 Å². The van der Waals surface area contributed by atoms with Crippen molar-refractivity contribution in [1.82, 2.24) is 19.5 Å². The zero-order valence-electron chi connectivity index (χ0n) is 20.8. The van der Waals surface area contributed by atoms with Gasteiger partial charge in [0, 0.05) is 30.2 Å². The van der Waals surface area contributed by atoms with Gasteiger partial charge in [-0.2, -0.15) is 14.9 Å². The van der Waals surface area contributed by atoms with Gasteiger partial charge in [-0.3, -0.25) is 4.90 Å². The van der Waals surface area contributed by atoms with E-state index in [2.05, 4.69) is 21.5 Å². The molecule has 1 aromatic carbocycles. The average Bonchev–Trinajstić information content (AvgIpc) is 3.24. The standard InChI is InChI=1S/C25H28ClN7O4/c1-25(2,3)37-24(36)32(14-16-6-4-7-18(26)10-16)21-11-20(30-22-17(12-27)13-28-33(21)22)29-19-8-5-9-31(15-19)23(34)35/h4,6-7,10-11,13,19H,5,8-9,14-15H2,1-3H3,(H,29,30)(H,34,35). The summed E-state index contributed by atoms with van der Waals surface area (Å²) in [7, 11) is 0. The minimum atomic E-state index is -0.976. The summed E-state index contributed by atoms with van der Waals surface area (Å²) in [4.78, 5) is 32.2. The molecule has 3 heterocycles. The summed E-state index contributed by atoms with van der Waals surface area (Å²) in [6.07, 6.45) is 1.24. The second-order valence-electron chi connectivity index (χ2n) is 9.81. The van der Waals surface area contributed by atoms with Crippen LogP contribution in [0.2, 0.25) is 5.02 Å². The number of amides is 2. The molecule has 37 heavy (non-hydrogen) atoms. The average molecular weight is 526 g/mol. The van der Waals surface area contributed by atoms with Gasteiger partial charge in [0.15, 0.2) is 5.65 Å². The number of carboxylic acid groups (broad SMARTS) is 1. The molecule has 1 atom stereocenters. The topological polar surface area (TPSA) is 136 Å². The molecule has 1 unspecified atom stereocenters. The number of anilines is 2. The highest BCUT2D eigenvalue weighted by atomic mass is 35.5. The third kappa shape index (κ3) is 6.21. The van der Waals surface area contributed by atoms with Crippen LogP contribution in [0.25, 0.3) is 5.65 Å². The summed E-state index contributed by atoms with van der Waals surface area (Å²) >= 11 is 6.19. The quantitative estimate of drug-likeness (QED) is 0.487. The Hall–Kier alpha value is -4.04. The van der Waals surface area contributed by atoms with Gasteiger partial charge in [0.1, 0.15) is 28.9 Å². The third-order valence-electron chi connectivity index (χ3n) is 5.74. The Bertz CT molecular complexity index is 1360. The molecule has 0 aliphatic carbocycles. The maximum atomic E-state index is 13.4. The molecule has 0 saturated carbocycles. The highest BCUT2D eigenvalue weighted by Crippen LogP contribution is 2.27. The van der Waals surface area contributed by atoms with E-state index < -0.39 is 17.8 Å². The number of carbonyl (C=O) groups is 2. The number of rotatable bonds is 5. The Labute approximate surface area is 219 Å². The Morgan fingerprint density at radius 3 is 2.81 bits per heavy atom. The fourth-order valence-electron chi connectivity index (χ4n) is 4.14. The second kappa shape index (κ2) is 10.5. The van der Waals surface area contributed by atoms with Crippen molar-refractivity contribution in [3.05, 3.63) is 52.7 Å². The number of aromatic nitrogens is 3. The molecule has 2 N–H and O–H groups in total. The summed E-state index contributed by atoms with van der Waals surface area (Å²) in [5, 5.41) is 27.2. The van der Waals surface area contributed by atoms with Gasteiger partial charge < -0.3 is 20.1 Å². The summed E-state index contributed by atoms with van der Waals surface area (Å²) in [6.45, 7) is 6.20. The first kappa shape index (κ1) is 26.0. The van der Waals surface area contributed by atoms with Crippen LogP contribution >= 0.6 is 11.6 Å². The lowest BCUT2D eigenvalue weighted by molar-refractivity contribution is 0.0575. The van der Waals surface area contributed by atoms with Gasteiger partial charge in [0.25, 0.3) is 0 Å². The fraction of sp³-hybridized carbons (Fsp3) is 0.400. The molecule has 1 saturated heterocycles. The van der Waals surface area contributed by atoms with Gasteiger partial charge in [0.05, 0.1) is 12.7 Å². The second-order valence-corrected chi connectivity index (χ2v) is 10.2. The minimum Gasteiger partial charge on any atom is -0.465 e. The number of nitrogens with one attached hydrogen (secondary N) is 1. The highest BCUT2D eigenvalue weighted by Gasteiger charge is 2.28. The number of likely N-dealkylation sites (tertiary alicyclic amines) is 1. The number of carbonyl (C=O) groups excluding carboxylic acids is 1. The molecular formula is C25H28ClN7O4. The van der Waals surface area contributed by atoms with E-state index >= 15 is 0 Å². The van der Waals surface area contributed by atoms with Crippen molar-refractivity contribution in [2.45, 2.75) is 51.8 Å². The number of hydrogen-bond donors (Lipinski definition) is 2. The minimum absolute atomic E-state index is 0.117. The van der Waals surface area contributed by atoms with Crippen molar-refractivity contribution in [3.8, 4) is 6.07 Å². The van der Waals surface area contributed by atoms with Gasteiger partial charge in [-0.15, -0.1) is 0 Å². The fourth-order valence-corrected chi connectivity index (χ4v) is 4.36. The largest absolute Gasteiger partial charge is 0.465 e. The number of piperidine rings is 1. The van der Waals surface area contributed by atoms with Gasteiger partial charge >= 0.3 is 12.2 Å². The van der Waals surface area contributed by atoms with E-state index in [1.54, 1.807) is 45.0 Å². The van der Waals surface area contributed by atoms with Gasteiger partial charge in [-0.25, -0.2) is 14.6 Å². The van der Waals surface area contributed by atoms with E-state index in [9.17, 15) is 20.0 Å². The molecule has 0 spiro atoms. The number of nitrogens with zero attached hydrogens (tertiary/aromatic N) is 6. The van der Waals surface area contributed by atoms with Crippen LogP contribution < -0.4 is 10.2 Å². The van der Waals surface area contributed by atoms with Crippen LogP contribution in [0.15, 0.2) is 36.5 Å². The van der Waals surface area contributed by atoms with Crippen LogP contribution in [0.3, 0.4) is 0 Å². The highest BCUT2D eigenvalue weighted by molar-refractivity contribution is 6.30. The van der Waals surface area contributed by atoms with Crippen LogP contribution in [0, 0.1) is 11.3 Å². The van der Waals surface area contributed by atoms with Crippen LogP contribution in [0.4, 0.5) is 21.2 Å². The molecule has 2 amide bonds. The van der Waals surface area contributed by atoms with E-state index in [0.717, 1.165) is 12.0 Å². The smallest absolute Gasteiger partial charge is 0.416 e. The number of ether oxygens (including phenoxy) is 1. The maximum absolute atomic E-state index is 13.4. The molecule has 1 fully saturated rings. The molecule has 2 aromatic heterocycles. The monoisotopic (exact) mass is 525 g/mol. The molecule has 11 nitrogen and oxygen atoms in total. The molecule has 1 aliphatic rings. The lowest BCUT2D eigenvalue weighted by Crippen LogP contribution is -2.44. The number of hydrogen-bond acceptors (Lipinski definition) is 7. The Morgan fingerprint density at radius 2 is 2.14 bits per heavy atom. The Kier molecular flexibility index (Phi) is 7.40. The van der Waals surface area contributed by atoms with Gasteiger partial charge in [-0.05, 0) is 51.3 Å². The van der Waals surface area contributed by atoms with E-state index in [1.165, 1.54) is 20.5 Å². The van der Waals surface area contributed by atoms with Crippen LogP contribution in [0.5, 0.6) is 0 Å². The van der Waals surface area contributed by atoms with Crippen LogP contribution in [0.1, 0.15) is 44.7 Å². The van der Waals surface area contributed by atoms with Crippen molar-refractivity contribution in [3.63, 3.8) is 0 Å². The molecule has 194 valence electrons. The number of nitriles is 1. The van der Waals surface area contributed by atoms with E-state index in [4.69, 9.17) is 16.3 Å². The molecule has 1 aliphatic heterocycles.